The van der Waals surface area contributed by atoms with Crippen LogP contribution in [-0.4, -0.2) is 37.9 Å². The Balaban J connectivity index is 3.03. The van der Waals surface area contributed by atoms with Crippen molar-refractivity contribution in [2.75, 3.05) is 6.61 Å². The maximum atomic E-state index is 10.6. The second kappa shape index (κ2) is 5.67. The Morgan fingerprint density at radius 3 is 2.71 bits per heavy atom. The van der Waals surface area contributed by atoms with Crippen LogP contribution in [0.1, 0.15) is 23.8 Å². The van der Waals surface area contributed by atoms with E-state index in [1.165, 1.54) is 6.07 Å². The average Bonchev–Trinajstić information content (AvgIpc) is 2.28. The molecule has 1 heterocycles. The molecule has 0 spiro atoms. The van der Waals surface area contributed by atoms with Gasteiger partial charge in [-0.2, -0.15) is 0 Å². The number of hydrogen-bond donors (Lipinski definition) is 3. The molecule has 0 bridgehead atoms. The highest BCUT2D eigenvalue weighted by atomic mass is 16.6. The summed E-state index contributed by atoms with van der Waals surface area (Å²) in [5.74, 6) is 0. The van der Waals surface area contributed by atoms with E-state index in [1.807, 2.05) is 0 Å². The number of nitro groups is 1. The minimum atomic E-state index is -1.30. The summed E-state index contributed by atoms with van der Waals surface area (Å²) < 4.78 is 0. The Bertz CT molecular complexity index is 410. The third-order valence-corrected chi connectivity index (χ3v) is 2.43. The van der Waals surface area contributed by atoms with E-state index in [9.17, 15) is 20.3 Å². The van der Waals surface area contributed by atoms with Gasteiger partial charge in [0.15, 0.2) is 0 Å². The Morgan fingerprint density at radius 2 is 2.18 bits per heavy atom. The van der Waals surface area contributed by atoms with Crippen LogP contribution >= 0.6 is 0 Å². The first-order valence-corrected chi connectivity index (χ1v) is 5.05. The summed E-state index contributed by atoms with van der Waals surface area (Å²) >= 11 is 0. The molecule has 17 heavy (non-hydrogen) atoms. The topological polar surface area (TPSA) is 117 Å². The lowest BCUT2D eigenvalue weighted by molar-refractivity contribution is -0.385. The van der Waals surface area contributed by atoms with Crippen molar-refractivity contribution < 1.29 is 20.2 Å². The Kier molecular flexibility index (Phi) is 4.50. The van der Waals surface area contributed by atoms with Crippen LogP contribution in [0.4, 0.5) is 5.69 Å². The van der Waals surface area contributed by atoms with Gasteiger partial charge in [-0.25, -0.2) is 0 Å². The van der Waals surface area contributed by atoms with Crippen molar-refractivity contribution in [3.63, 3.8) is 0 Å². The first kappa shape index (κ1) is 13.5. The van der Waals surface area contributed by atoms with Gasteiger partial charge in [-0.3, -0.25) is 15.1 Å². The summed E-state index contributed by atoms with van der Waals surface area (Å²) in [5, 5.41) is 38.5. The smallest absolute Gasteiger partial charge is 0.287 e. The highest BCUT2D eigenvalue weighted by Crippen LogP contribution is 2.24. The second-order valence-corrected chi connectivity index (χ2v) is 3.65. The van der Waals surface area contributed by atoms with Gasteiger partial charge in [-0.15, -0.1) is 0 Å². The fraction of sp³-hybridized carbons (Fsp3) is 0.500. The summed E-state index contributed by atoms with van der Waals surface area (Å²) in [4.78, 5) is 13.7. The van der Waals surface area contributed by atoms with Crippen LogP contribution in [0, 0.1) is 17.0 Å². The third-order valence-electron chi connectivity index (χ3n) is 2.43. The van der Waals surface area contributed by atoms with Crippen molar-refractivity contribution in [3.05, 3.63) is 33.6 Å². The number of aliphatic hydroxyl groups excluding tert-OH is 3. The van der Waals surface area contributed by atoms with Crippen LogP contribution in [0.2, 0.25) is 0 Å². The number of rotatable bonds is 5. The van der Waals surface area contributed by atoms with E-state index in [2.05, 4.69) is 4.98 Å². The van der Waals surface area contributed by atoms with Gasteiger partial charge >= 0.3 is 0 Å². The first-order chi connectivity index (χ1) is 7.97. The molecule has 0 aliphatic carbocycles. The lowest BCUT2D eigenvalue weighted by atomic mass is 10.0. The van der Waals surface area contributed by atoms with Crippen LogP contribution in [0.25, 0.3) is 0 Å². The summed E-state index contributed by atoms with van der Waals surface area (Å²) in [6.45, 7) is 1.30. The molecule has 0 aromatic carbocycles. The van der Waals surface area contributed by atoms with Gasteiger partial charge in [0.25, 0.3) is 5.69 Å². The van der Waals surface area contributed by atoms with Gasteiger partial charge < -0.3 is 15.3 Å². The normalized spacial score (nSPS) is 14.4. The quantitative estimate of drug-likeness (QED) is 0.497. The SMILES string of the molecule is Cc1ncc([N+](=O)[O-])cc1C(O)C(O)CCO. The minimum Gasteiger partial charge on any atom is -0.396 e. The molecule has 1 aromatic rings. The summed E-state index contributed by atoms with van der Waals surface area (Å²) in [7, 11) is 0. The van der Waals surface area contributed by atoms with E-state index in [1.54, 1.807) is 6.92 Å². The third kappa shape index (κ3) is 3.19. The number of aliphatic hydroxyl groups is 3. The largest absolute Gasteiger partial charge is 0.396 e. The fourth-order valence-electron chi connectivity index (χ4n) is 1.44. The summed E-state index contributed by atoms with van der Waals surface area (Å²) in [6.07, 6.45) is -1.40. The van der Waals surface area contributed by atoms with E-state index < -0.39 is 17.1 Å². The highest BCUT2D eigenvalue weighted by molar-refractivity contribution is 5.35. The molecule has 3 N–H and O–H groups in total. The van der Waals surface area contributed by atoms with Crippen LogP contribution in [-0.2, 0) is 0 Å². The lowest BCUT2D eigenvalue weighted by Gasteiger charge is -2.18. The van der Waals surface area contributed by atoms with Crippen molar-refractivity contribution >= 4 is 5.69 Å². The van der Waals surface area contributed by atoms with Gasteiger partial charge in [0.05, 0.1) is 11.0 Å². The molecule has 0 amide bonds. The van der Waals surface area contributed by atoms with Crippen molar-refractivity contribution in [3.8, 4) is 0 Å². The molecule has 2 unspecified atom stereocenters. The van der Waals surface area contributed by atoms with Crippen molar-refractivity contribution in [1.29, 1.82) is 0 Å². The molecule has 0 radical (unpaired) electrons. The molecule has 7 heteroatoms. The Hall–Kier alpha value is -1.57. The predicted molar refractivity (Wildman–Crippen MR) is 58.3 cm³/mol. The lowest BCUT2D eigenvalue weighted by Crippen LogP contribution is -2.20. The first-order valence-electron chi connectivity index (χ1n) is 5.05. The number of nitrogens with zero attached hydrogens (tertiary/aromatic N) is 2. The van der Waals surface area contributed by atoms with E-state index in [0.29, 0.717) is 5.69 Å². The Morgan fingerprint density at radius 1 is 1.53 bits per heavy atom. The van der Waals surface area contributed by atoms with E-state index in [-0.39, 0.29) is 24.3 Å². The van der Waals surface area contributed by atoms with Crippen LogP contribution in [0.3, 0.4) is 0 Å². The minimum absolute atomic E-state index is 0.0106. The van der Waals surface area contributed by atoms with E-state index in [4.69, 9.17) is 5.11 Å². The predicted octanol–water partition coefficient (Wildman–Crippen LogP) is 0.0749. The van der Waals surface area contributed by atoms with Crippen LogP contribution in [0.15, 0.2) is 12.3 Å². The molecule has 2 atom stereocenters. The monoisotopic (exact) mass is 242 g/mol. The van der Waals surface area contributed by atoms with Gasteiger partial charge in [-0.05, 0) is 13.3 Å². The molecule has 1 aromatic heterocycles. The van der Waals surface area contributed by atoms with Gasteiger partial charge in [0, 0.05) is 23.9 Å². The van der Waals surface area contributed by atoms with Gasteiger partial charge in [0.2, 0.25) is 0 Å². The molecule has 7 nitrogen and oxygen atoms in total. The zero-order valence-corrected chi connectivity index (χ0v) is 9.28. The average molecular weight is 242 g/mol. The molecule has 0 aliphatic rings. The molecule has 0 saturated carbocycles. The second-order valence-electron chi connectivity index (χ2n) is 3.65. The summed E-state index contributed by atoms with van der Waals surface area (Å²) in [6, 6.07) is 1.17. The summed E-state index contributed by atoms with van der Waals surface area (Å²) in [5.41, 5.74) is 0.348. The maximum absolute atomic E-state index is 10.6. The van der Waals surface area contributed by atoms with Crippen molar-refractivity contribution in [2.24, 2.45) is 0 Å². The van der Waals surface area contributed by atoms with E-state index in [0.717, 1.165) is 6.20 Å². The molecule has 0 saturated heterocycles. The van der Waals surface area contributed by atoms with Gasteiger partial charge in [0.1, 0.15) is 12.3 Å². The standard InChI is InChI=1S/C10H14N2O5/c1-6-8(10(15)9(14)2-3-13)4-7(5-11-6)12(16)17/h4-5,9-10,13-15H,2-3H2,1H3. The van der Waals surface area contributed by atoms with Crippen LogP contribution < -0.4 is 0 Å². The molecule has 0 fully saturated rings. The number of aryl methyl sites for hydroxylation is 1. The van der Waals surface area contributed by atoms with Gasteiger partial charge in [-0.1, -0.05) is 0 Å². The zero-order chi connectivity index (χ0) is 13.0. The highest BCUT2D eigenvalue weighted by Gasteiger charge is 2.22. The van der Waals surface area contributed by atoms with Crippen molar-refractivity contribution in [2.45, 2.75) is 25.6 Å². The van der Waals surface area contributed by atoms with E-state index >= 15 is 0 Å². The van der Waals surface area contributed by atoms with Crippen LogP contribution in [0.5, 0.6) is 0 Å². The molecular formula is C10H14N2O5. The Labute approximate surface area is 97.5 Å². The molecule has 94 valence electrons. The van der Waals surface area contributed by atoms with Crippen molar-refractivity contribution in [1.82, 2.24) is 4.98 Å². The fourth-order valence-corrected chi connectivity index (χ4v) is 1.44. The zero-order valence-electron chi connectivity index (χ0n) is 9.28. The maximum Gasteiger partial charge on any atom is 0.287 e. The molecule has 1 rings (SSSR count). The molecular weight excluding hydrogens is 228 g/mol. The number of hydrogen-bond acceptors (Lipinski definition) is 6. The number of pyridine rings is 1. The number of aromatic nitrogens is 1. The molecule has 0 aliphatic heterocycles.